The van der Waals surface area contributed by atoms with Gasteiger partial charge in [-0.05, 0) is 25.7 Å². The van der Waals surface area contributed by atoms with Gasteiger partial charge >= 0.3 is 0 Å². The summed E-state index contributed by atoms with van der Waals surface area (Å²) in [6.45, 7) is 1.29. The molecule has 19 heavy (non-hydrogen) atoms. The predicted molar refractivity (Wildman–Crippen MR) is 66.0 cm³/mol. The lowest BCUT2D eigenvalue weighted by Crippen LogP contribution is -2.47. The largest absolute Gasteiger partial charge is 0.341 e. The molecular weight excluding hydrogens is 256 g/mol. The molecule has 1 atom stereocenters. The number of rotatable bonds is 5. The van der Waals surface area contributed by atoms with E-state index in [4.69, 9.17) is 10.8 Å². The number of amides is 1. The Bertz CT molecular complexity index is 400. The van der Waals surface area contributed by atoms with Crippen LogP contribution in [0.25, 0.3) is 0 Å². The molecule has 0 aliphatic heterocycles. The number of halogens is 2. The molecule has 1 rings (SSSR count). The summed E-state index contributed by atoms with van der Waals surface area (Å²) in [5.41, 5.74) is -0.731. The van der Waals surface area contributed by atoms with Crippen molar-refractivity contribution in [3.05, 3.63) is 0 Å². The Kier molecular flexibility index (Phi) is 4.85. The van der Waals surface area contributed by atoms with Crippen LogP contribution < -0.4 is 5.32 Å². The minimum Gasteiger partial charge on any atom is -0.341 e. The van der Waals surface area contributed by atoms with Gasteiger partial charge in [0.2, 0.25) is 5.92 Å². The van der Waals surface area contributed by atoms with E-state index in [1.807, 2.05) is 0 Å². The SMILES string of the molecule is CC(=N)C(=N)C(=O)NC(C=O)C1CCC(F)(F)CC1. The van der Waals surface area contributed by atoms with Crippen molar-refractivity contribution in [1.29, 1.82) is 10.8 Å². The summed E-state index contributed by atoms with van der Waals surface area (Å²) in [7, 11) is 0. The smallest absolute Gasteiger partial charge is 0.271 e. The van der Waals surface area contributed by atoms with Crippen molar-refractivity contribution in [2.24, 2.45) is 5.92 Å². The number of aldehydes is 1. The van der Waals surface area contributed by atoms with E-state index < -0.39 is 23.6 Å². The van der Waals surface area contributed by atoms with Crippen molar-refractivity contribution < 1.29 is 18.4 Å². The zero-order valence-electron chi connectivity index (χ0n) is 10.6. The first-order valence-corrected chi connectivity index (χ1v) is 6.05. The topological polar surface area (TPSA) is 93.9 Å². The molecule has 106 valence electrons. The summed E-state index contributed by atoms with van der Waals surface area (Å²) < 4.78 is 26.0. The fourth-order valence-electron chi connectivity index (χ4n) is 2.08. The van der Waals surface area contributed by atoms with E-state index in [0.29, 0.717) is 6.29 Å². The van der Waals surface area contributed by atoms with E-state index in [0.717, 1.165) is 0 Å². The van der Waals surface area contributed by atoms with Crippen LogP contribution in [0.5, 0.6) is 0 Å². The van der Waals surface area contributed by atoms with Crippen LogP contribution in [0.2, 0.25) is 0 Å². The first-order valence-electron chi connectivity index (χ1n) is 6.05. The fraction of sp³-hybridized carbons (Fsp3) is 0.667. The van der Waals surface area contributed by atoms with Gasteiger partial charge in [0.15, 0.2) is 0 Å². The summed E-state index contributed by atoms with van der Waals surface area (Å²) in [6.07, 6.45) is 0.248. The molecule has 1 saturated carbocycles. The molecule has 0 saturated heterocycles. The highest BCUT2D eigenvalue weighted by Crippen LogP contribution is 2.37. The van der Waals surface area contributed by atoms with E-state index in [1.54, 1.807) is 0 Å². The number of carbonyl (C=O) groups excluding carboxylic acids is 2. The number of hydrogen-bond donors (Lipinski definition) is 3. The molecule has 0 bridgehead atoms. The normalized spacial score (nSPS) is 20.4. The molecule has 1 aliphatic rings. The summed E-state index contributed by atoms with van der Waals surface area (Å²) in [5, 5.41) is 16.8. The Labute approximate surface area is 109 Å². The van der Waals surface area contributed by atoms with Gasteiger partial charge in [-0.1, -0.05) is 0 Å². The predicted octanol–water partition coefficient (Wildman–Crippen LogP) is 1.56. The second-order valence-corrected chi connectivity index (χ2v) is 4.83. The molecule has 1 aliphatic carbocycles. The Hall–Kier alpha value is -1.66. The Balaban J connectivity index is 2.60. The Morgan fingerprint density at radius 3 is 2.32 bits per heavy atom. The van der Waals surface area contributed by atoms with Crippen LogP contribution in [0, 0.1) is 16.7 Å². The van der Waals surface area contributed by atoms with Gasteiger partial charge in [0, 0.05) is 12.8 Å². The van der Waals surface area contributed by atoms with Gasteiger partial charge in [0.25, 0.3) is 5.91 Å². The monoisotopic (exact) mass is 273 g/mol. The van der Waals surface area contributed by atoms with Crippen molar-refractivity contribution in [1.82, 2.24) is 5.32 Å². The highest BCUT2D eigenvalue weighted by molar-refractivity contribution is 6.64. The average Bonchev–Trinajstić information content (AvgIpc) is 2.35. The minimum absolute atomic E-state index is 0.160. The maximum atomic E-state index is 13.0. The van der Waals surface area contributed by atoms with E-state index in [2.05, 4.69) is 5.32 Å². The first kappa shape index (κ1) is 15.4. The molecule has 0 spiro atoms. The van der Waals surface area contributed by atoms with Gasteiger partial charge in [-0.15, -0.1) is 0 Å². The van der Waals surface area contributed by atoms with Crippen LogP contribution in [-0.2, 0) is 9.59 Å². The second kappa shape index (κ2) is 5.99. The third kappa shape index (κ3) is 4.18. The van der Waals surface area contributed by atoms with Crippen LogP contribution in [0.3, 0.4) is 0 Å². The molecule has 7 heteroatoms. The van der Waals surface area contributed by atoms with Gasteiger partial charge in [-0.2, -0.15) is 0 Å². The quantitative estimate of drug-likeness (QED) is 0.523. The van der Waals surface area contributed by atoms with E-state index in [-0.39, 0.29) is 37.3 Å². The molecule has 0 aromatic rings. The molecule has 0 heterocycles. The second-order valence-electron chi connectivity index (χ2n) is 4.83. The summed E-state index contributed by atoms with van der Waals surface area (Å²) in [5.74, 6) is -3.84. The molecule has 0 radical (unpaired) electrons. The molecule has 1 amide bonds. The van der Waals surface area contributed by atoms with E-state index in [1.165, 1.54) is 6.92 Å². The van der Waals surface area contributed by atoms with Crippen molar-refractivity contribution in [2.45, 2.75) is 44.6 Å². The van der Waals surface area contributed by atoms with Crippen LogP contribution in [0.15, 0.2) is 0 Å². The Morgan fingerprint density at radius 2 is 1.89 bits per heavy atom. The summed E-state index contributed by atoms with van der Waals surface area (Å²) >= 11 is 0. The molecule has 0 aromatic carbocycles. The van der Waals surface area contributed by atoms with E-state index in [9.17, 15) is 18.4 Å². The van der Waals surface area contributed by atoms with Gasteiger partial charge in [0.1, 0.15) is 12.0 Å². The number of carbonyl (C=O) groups is 2. The maximum absolute atomic E-state index is 13.0. The molecule has 1 unspecified atom stereocenters. The maximum Gasteiger partial charge on any atom is 0.271 e. The van der Waals surface area contributed by atoms with Gasteiger partial charge in [-0.25, -0.2) is 8.78 Å². The summed E-state index contributed by atoms with van der Waals surface area (Å²) in [6, 6.07) is -0.872. The van der Waals surface area contributed by atoms with Crippen molar-refractivity contribution in [3.8, 4) is 0 Å². The highest BCUT2D eigenvalue weighted by Gasteiger charge is 2.38. The third-order valence-corrected chi connectivity index (χ3v) is 3.32. The van der Waals surface area contributed by atoms with Crippen molar-refractivity contribution in [3.63, 3.8) is 0 Å². The molecule has 5 nitrogen and oxygen atoms in total. The number of hydrogen-bond acceptors (Lipinski definition) is 4. The van der Waals surface area contributed by atoms with Crippen LogP contribution in [0.4, 0.5) is 8.78 Å². The lowest BCUT2D eigenvalue weighted by atomic mass is 9.82. The minimum atomic E-state index is -2.69. The van der Waals surface area contributed by atoms with Crippen LogP contribution >= 0.6 is 0 Å². The molecule has 3 N–H and O–H groups in total. The van der Waals surface area contributed by atoms with E-state index >= 15 is 0 Å². The number of nitrogens with one attached hydrogen (secondary N) is 3. The lowest BCUT2D eigenvalue weighted by Gasteiger charge is -2.31. The average molecular weight is 273 g/mol. The molecular formula is C12H17F2N3O2. The van der Waals surface area contributed by atoms with Gasteiger partial charge < -0.3 is 15.5 Å². The molecule has 1 fully saturated rings. The Morgan fingerprint density at radius 1 is 1.37 bits per heavy atom. The standard InChI is InChI=1S/C12H17F2N3O2/c1-7(15)10(16)11(19)17-9(6-18)8-2-4-12(13,14)5-3-8/h6,8-9,15-16H,2-5H2,1H3,(H,17,19). The lowest BCUT2D eigenvalue weighted by molar-refractivity contribution is -0.121. The third-order valence-electron chi connectivity index (χ3n) is 3.32. The molecule has 0 aromatic heterocycles. The summed E-state index contributed by atoms with van der Waals surface area (Å²) in [4.78, 5) is 22.5. The highest BCUT2D eigenvalue weighted by atomic mass is 19.3. The van der Waals surface area contributed by atoms with Crippen LogP contribution in [0.1, 0.15) is 32.6 Å². The van der Waals surface area contributed by atoms with Gasteiger partial charge in [0.05, 0.1) is 11.8 Å². The van der Waals surface area contributed by atoms with Crippen LogP contribution in [-0.4, -0.2) is 35.6 Å². The first-order chi connectivity index (χ1) is 8.76. The number of alkyl halides is 2. The zero-order valence-corrected chi connectivity index (χ0v) is 10.6. The van der Waals surface area contributed by atoms with Crippen molar-refractivity contribution >= 4 is 23.6 Å². The van der Waals surface area contributed by atoms with Gasteiger partial charge in [-0.3, -0.25) is 10.2 Å². The van der Waals surface area contributed by atoms with Crippen molar-refractivity contribution in [2.75, 3.05) is 0 Å². The fourth-order valence-corrected chi connectivity index (χ4v) is 2.08. The zero-order chi connectivity index (χ0) is 14.6.